The van der Waals surface area contributed by atoms with Gasteiger partial charge in [0.25, 0.3) is 5.91 Å². The van der Waals surface area contributed by atoms with Gasteiger partial charge < -0.3 is 18.8 Å². The van der Waals surface area contributed by atoms with Gasteiger partial charge in [-0.1, -0.05) is 59.7 Å². The number of benzene rings is 2. The van der Waals surface area contributed by atoms with Crippen LogP contribution < -0.4 is 9.47 Å². The van der Waals surface area contributed by atoms with E-state index in [1.807, 2.05) is 35.2 Å². The Kier molecular flexibility index (Phi) is 8.72. The fraction of sp³-hybridized carbons (Fsp3) is 0.514. The van der Waals surface area contributed by atoms with Gasteiger partial charge in [0.05, 0.1) is 14.2 Å². The molecule has 1 heterocycles. The van der Waals surface area contributed by atoms with Crippen LogP contribution in [-0.2, 0) is 23.7 Å². The minimum Gasteiger partial charge on any atom is -0.493 e. The fourth-order valence-corrected chi connectivity index (χ4v) is 5.91. The van der Waals surface area contributed by atoms with Gasteiger partial charge in [-0.15, -0.1) is 0 Å². The highest BCUT2D eigenvalue weighted by molar-refractivity contribution is 5.91. The van der Waals surface area contributed by atoms with Crippen LogP contribution in [0, 0.1) is 12.8 Å². The quantitative estimate of drug-likeness (QED) is 0.260. The standard InChI is InChI=1S/C35H47NO4/c1-23(2)22-36(17-14-25-10-12-30(38-8)32(19-25)39-9)33(37)31-13-11-27(40-31)20-26-21-29-28(18-24(26)3)34(4,5)15-16-35(29,6)7/h10-13,18-19,21,23H,14-17,20,22H2,1-9H3. The smallest absolute Gasteiger partial charge is 0.289 e. The molecule has 40 heavy (non-hydrogen) atoms. The molecule has 1 aliphatic carbocycles. The molecule has 0 saturated heterocycles. The predicted molar refractivity (Wildman–Crippen MR) is 162 cm³/mol. The van der Waals surface area contributed by atoms with Crippen molar-refractivity contribution in [3.05, 3.63) is 81.8 Å². The van der Waals surface area contributed by atoms with Gasteiger partial charge in [-0.2, -0.15) is 0 Å². The number of rotatable bonds is 10. The second kappa shape index (κ2) is 11.7. The van der Waals surface area contributed by atoms with Gasteiger partial charge in [0.15, 0.2) is 17.3 Å². The molecule has 0 aliphatic heterocycles. The second-order valence-electron chi connectivity index (χ2n) is 13.1. The van der Waals surface area contributed by atoms with E-state index in [1.165, 1.54) is 35.1 Å². The molecule has 1 amide bonds. The topological polar surface area (TPSA) is 51.9 Å². The van der Waals surface area contributed by atoms with Crippen molar-refractivity contribution in [2.24, 2.45) is 5.92 Å². The number of carbonyl (C=O) groups excluding carboxylic acids is 1. The minimum atomic E-state index is -0.0644. The van der Waals surface area contributed by atoms with E-state index in [9.17, 15) is 4.79 Å². The Morgan fingerprint density at radius 2 is 1.57 bits per heavy atom. The lowest BCUT2D eigenvalue weighted by Crippen LogP contribution is -2.35. The van der Waals surface area contributed by atoms with E-state index in [4.69, 9.17) is 13.9 Å². The highest BCUT2D eigenvalue weighted by Crippen LogP contribution is 2.46. The normalized spacial score (nSPS) is 15.6. The van der Waals surface area contributed by atoms with Gasteiger partial charge in [-0.05, 0) is 95.0 Å². The summed E-state index contributed by atoms with van der Waals surface area (Å²) in [6.45, 7) is 17.1. The summed E-state index contributed by atoms with van der Waals surface area (Å²) in [6.07, 6.45) is 3.78. The Hall–Kier alpha value is -3.21. The first-order valence-corrected chi connectivity index (χ1v) is 14.6. The summed E-state index contributed by atoms with van der Waals surface area (Å²) in [6, 6.07) is 14.5. The molecular weight excluding hydrogens is 498 g/mol. The number of methoxy groups -OCH3 is 2. The Morgan fingerprint density at radius 1 is 0.925 bits per heavy atom. The lowest BCUT2D eigenvalue weighted by molar-refractivity contribution is 0.0704. The molecular formula is C35H47NO4. The van der Waals surface area contributed by atoms with E-state index in [2.05, 4.69) is 60.6 Å². The molecule has 5 nitrogen and oxygen atoms in total. The number of hydrogen-bond acceptors (Lipinski definition) is 4. The van der Waals surface area contributed by atoms with E-state index in [0.717, 1.165) is 11.3 Å². The van der Waals surface area contributed by atoms with Crippen LogP contribution in [0.2, 0.25) is 0 Å². The molecule has 0 spiro atoms. The van der Waals surface area contributed by atoms with Crippen LogP contribution in [0.4, 0.5) is 0 Å². The number of fused-ring (bicyclic) bond motifs is 1. The third-order valence-electron chi connectivity index (χ3n) is 8.54. The predicted octanol–water partition coefficient (Wildman–Crippen LogP) is 7.89. The lowest BCUT2D eigenvalue weighted by atomic mass is 9.62. The second-order valence-corrected chi connectivity index (χ2v) is 13.1. The Labute approximate surface area is 240 Å². The van der Waals surface area contributed by atoms with E-state index < -0.39 is 0 Å². The highest BCUT2D eigenvalue weighted by atomic mass is 16.5. The van der Waals surface area contributed by atoms with Crippen molar-refractivity contribution in [1.82, 2.24) is 4.90 Å². The van der Waals surface area contributed by atoms with Crippen LogP contribution in [-0.4, -0.2) is 38.1 Å². The molecule has 0 bridgehead atoms. The molecule has 0 saturated carbocycles. The zero-order valence-electron chi connectivity index (χ0n) is 25.9. The molecule has 0 unspecified atom stereocenters. The summed E-state index contributed by atoms with van der Waals surface area (Å²) in [5.74, 6) is 2.90. The number of aryl methyl sites for hydroxylation is 1. The zero-order chi connectivity index (χ0) is 29.2. The Bertz CT molecular complexity index is 1350. The van der Waals surface area contributed by atoms with Gasteiger partial charge >= 0.3 is 0 Å². The van der Waals surface area contributed by atoms with E-state index >= 15 is 0 Å². The van der Waals surface area contributed by atoms with Crippen molar-refractivity contribution < 1.29 is 18.7 Å². The van der Waals surface area contributed by atoms with Crippen molar-refractivity contribution in [2.75, 3.05) is 27.3 Å². The third-order valence-corrected chi connectivity index (χ3v) is 8.54. The third kappa shape index (κ3) is 6.40. The highest BCUT2D eigenvalue weighted by Gasteiger charge is 2.37. The monoisotopic (exact) mass is 545 g/mol. The molecule has 216 valence electrons. The van der Waals surface area contributed by atoms with Crippen LogP contribution >= 0.6 is 0 Å². The molecule has 4 rings (SSSR count). The molecule has 3 aromatic rings. The van der Waals surface area contributed by atoms with Gasteiger partial charge in [-0.3, -0.25) is 4.79 Å². The van der Waals surface area contributed by atoms with Crippen LogP contribution in [0.15, 0.2) is 46.9 Å². The number of carbonyl (C=O) groups is 1. The largest absolute Gasteiger partial charge is 0.493 e. The molecule has 0 radical (unpaired) electrons. The maximum absolute atomic E-state index is 13.6. The van der Waals surface area contributed by atoms with Crippen molar-refractivity contribution >= 4 is 5.91 Å². The van der Waals surface area contributed by atoms with Crippen LogP contribution in [0.5, 0.6) is 11.5 Å². The Morgan fingerprint density at radius 3 is 2.20 bits per heavy atom. The summed E-state index contributed by atoms with van der Waals surface area (Å²) < 4.78 is 17.0. The first-order valence-electron chi connectivity index (χ1n) is 14.6. The van der Waals surface area contributed by atoms with Gasteiger partial charge in [0.2, 0.25) is 0 Å². The average molecular weight is 546 g/mol. The number of ether oxygens (including phenoxy) is 2. The molecule has 0 atom stereocenters. The van der Waals surface area contributed by atoms with Crippen molar-refractivity contribution in [1.29, 1.82) is 0 Å². The zero-order valence-corrected chi connectivity index (χ0v) is 25.9. The van der Waals surface area contributed by atoms with Gasteiger partial charge in [-0.25, -0.2) is 0 Å². The number of hydrogen-bond donors (Lipinski definition) is 0. The molecule has 0 N–H and O–H groups in total. The summed E-state index contributed by atoms with van der Waals surface area (Å²) in [5.41, 5.74) is 6.91. The van der Waals surface area contributed by atoms with Crippen LogP contribution in [0.3, 0.4) is 0 Å². The van der Waals surface area contributed by atoms with Crippen molar-refractivity contribution in [3.8, 4) is 11.5 Å². The molecule has 1 aliphatic rings. The Balaban J connectivity index is 1.52. The SMILES string of the molecule is COc1ccc(CCN(CC(C)C)C(=O)c2ccc(Cc3cc4c(cc3C)C(C)(C)CCC4(C)C)o2)cc1OC. The average Bonchev–Trinajstić information content (AvgIpc) is 3.37. The maximum atomic E-state index is 13.6. The molecule has 1 aromatic heterocycles. The van der Waals surface area contributed by atoms with Gasteiger partial charge in [0.1, 0.15) is 5.76 Å². The fourth-order valence-electron chi connectivity index (χ4n) is 5.91. The molecule has 2 aromatic carbocycles. The number of nitrogens with zero attached hydrogens (tertiary/aromatic N) is 1. The lowest BCUT2D eigenvalue weighted by Gasteiger charge is -2.42. The number of furan rings is 1. The summed E-state index contributed by atoms with van der Waals surface area (Å²) >= 11 is 0. The van der Waals surface area contributed by atoms with Crippen molar-refractivity contribution in [2.45, 2.75) is 85.0 Å². The maximum Gasteiger partial charge on any atom is 0.289 e. The van der Waals surface area contributed by atoms with Crippen LogP contribution in [0.1, 0.15) is 98.5 Å². The molecule has 0 fully saturated rings. The van der Waals surface area contributed by atoms with Crippen LogP contribution in [0.25, 0.3) is 0 Å². The first-order chi connectivity index (χ1) is 18.8. The summed E-state index contributed by atoms with van der Waals surface area (Å²) in [7, 11) is 3.27. The van der Waals surface area contributed by atoms with E-state index in [0.29, 0.717) is 49.1 Å². The van der Waals surface area contributed by atoms with Crippen molar-refractivity contribution in [3.63, 3.8) is 0 Å². The summed E-state index contributed by atoms with van der Waals surface area (Å²) in [5, 5.41) is 0. The number of amides is 1. The summed E-state index contributed by atoms with van der Waals surface area (Å²) in [4.78, 5) is 15.5. The molecule has 5 heteroatoms. The van der Waals surface area contributed by atoms with E-state index in [1.54, 1.807) is 14.2 Å². The minimum absolute atomic E-state index is 0.0644. The van der Waals surface area contributed by atoms with Gasteiger partial charge in [0, 0.05) is 19.5 Å². The first kappa shape index (κ1) is 29.8. The van der Waals surface area contributed by atoms with E-state index in [-0.39, 0.29) is 16.7 Å².